The Morgan fingerprint density at radius 2 is 1.84 bits per heavy atom. The van der Waals surface area contributed by atoms with Crippen LogP contribution in [0.15, 0.2) is 48.5 Å². The second-order valence-corrected chi connectivity index (χ2v) is 6.08. The Kier molecular flexibility index (Phi) is 6.90. The van der Waals surface area contributed by atoms with Crippen LogP contribution in [-0.4, -0.2) is 19.2 Å². The van der Waals surface area contributed by atoms with Gasteiger partial charge in [0.1, 0.15) is 6.61 Å². The number of ether oxygens (including phenoxy) is 3. The van der Waals surface area contributed by atoms with E-state index in [2.05, 4.69) is 0 Å². The highest BCUT2D eigenvalue weighted by Crippen LogP contribution is 2.29. The minimum Gasteiger partial charge on any atom is -0.493 e. The zero-order chi connectivity index (χ0) is 18.2. The molecule has 4 nitrogen and oxygen atoms in total. The summed E-state index contributed by atoms with van der Waals surface area (Å²) in [6.45, 7) is 4.02. The molecule has 0 saturated carbocycles. The van der Waals surface area contributed by atoms with Crippen molar-refractivity contribution in [3.63, 3.8) is 0 Å². The van der Waals surface area contributed by atoms with Gasteiger partial charge in [-0.25, -0.2) is 4.79 Å². The predicted octanol–water partition coefficient (Wildman–Crippen LogP) is 4.89. The fourth-order valence-corrected chi connectivity index (χ4v) is 2.21. The molecule has 0 bridgehead atoms. The van der Waals surface area contributed by atoms with E-state index in [1.165, 1.54) is 6.08 Å². The number of carbonyl (C=O) groups is 1. The minimum absolute atomic E-state index is 0.143. The molecule has 25 heavy (non-hydrogen) atoms. The van der Waals surface area contributed by atoms with Crippen molar-refractivity contribution in [3.05, 3.63) is 64.7 Å². The largest absolute Gasteiger partial charge is 0.493 e. The van der Waals surface area contributed by atoms with Crippen molar-refractivity contribution in [2.45, 2.75) is 26.6 Å². The van der Waals surface area contributed by atoms with Gasteiger partial charge in [0.2, 0.25) is 0 Å². The van der Waals surface area contributed by atoms with Gasteiger partial charge in [-0.3, -0.25) is 0 Å². The van der Waals surface area contributed by atoms with Crippen LogP contribution >= 0.6 is 11.6 Å². The zero-order valence-electron chi connectivity index (χ0n) is 14.5. The van der Waals surface area contributed by atoms with Crippen LogP contribution in [0.3, 0.4) is 0 Å². The molecule has 132 valence electrons. The summed E-state index contributed by atoms with van der Waals surface area (Å²) in [6, 6.07) is 12.9. The highest BCUT2D eigenvalue weighted by atomic mass is 35.5. The number of rotatable bonds is 7. The number of benzene rings is 2. The van der Waals surface area contributed by atoms with Crippen LogP contribution in [0.1, 0.15) is 25.0 Å². The first-order valence-electron chi connectivity index (χ1n) is 7.92. The van der Waals surface area contributed by atoms with E-state index >= 15 is 0 Å². The molecule has 0 aliphatic carbocycles. The van der Waals surface area contributed by atoms with Crippen LogP contribution in [0, 0.1) is 0 Å². The molecule has 2 aromatic carbocycles. The molecule has 2 aromatic rings. The van der Waals surface area contributed by atoms with Gasteiger partial charge in [0.05, 0.1) is 13.2 Å². The fraction of sp³-hybridized carbons (Fsp3) is 0.250. The maximum absolute atomic E-state index is 11.6. The first-order valence-corrected chi connectivity index (χ1v) is 8.29. The molecule has 0 amide bonds. The third-order valence-electron chi connectivity index (χ3n) is 3.26. The molecular formula is C20H21ClO4. The summed E-state index contributed by atoms with van der Waals surface area (Å²) in [7, 11) is 1.57. The van der Waals surface area contributed by atoms with E-state index in [0.29, 0.717) is 23.1 Å². The van der Waals surface area contributed by atoms with Gasteiger partial charge in [0, 0.05) is 11.1 Å². The maximum Gasteiger partial charge on any atom is 0.331 e. The first-order chi connectivity index (χ1) is 12.0. The van der Waals surface area contributed by atoms with Crippen molar-refractivity contribution in [1.29, 1.82) is 0 Å². The van der Waals surface area contributed by atoms with Crippen LogP contribution in [0.4, 0.5) is 0 Å². The summed E-state index contributed by atoms with van der Waals surface area (Å²) in [5, 5.41) is 0.688. The van der Waals surface area contributed by atoms with Crippen molar-refractivity contribution in [2.75, 3.05) is 7.11 Å². The highest BCUT2D eigenvalue weighted by Gasteiger charge is 2.06. The lowest BCUT2D eigenvalue weighted by molar-refractivity contribution is -0.141. The summed E-state index contributed by atoms with van der Waals surface area (Å²) in [6.07, 6.45) is 2.93. The second-order valence-electron chi connectivity index (χ2n) is 5.64. The molecule has 0 fully saturated rings. The van der Waals surface area contributed by atoms with Gasteiger partial charge in [0.25, 0.3) is 0 Å². The van der Waals surface area contributed by atoms with Crippen LogP contribution in [0.2, 0.25) is 5.02 Å². The molecule has 0 spiro atoms. The van der Waals surface area contributed by atoms with E-state index < -0.39 is 0 Å². The summed E-state index contributed by atoms with van der Waals surface area (Å²) in [4.78, 5) is 11.6. The van der Waals surface area contributed by atoms with Gasteiger partial charge in [-0.2, -0.15) is 0 Å². The Morgan fingerprint density at radius 3 is 2.48 bits per heavy atom. The normalized spacial score (nSPS) is 10.9. The van der Waals surface area contributed by atoms with Crippen molar-refractivity contribution >= 4 is 23.6 Å². The lowest BCUT2D eigenvalue weighted by atomic mass is 10.2. The van der Waals surface area contributed by atoms with Gasteiger partial charge < -0.3 is 14.2 Å². The van der Waals surface area contributed by atoms with Crippen LogP contribution in [-0.2, 0) is 16.1 Å². The molecule has 0 N–H and O–H groups in total. The lowest BCUT2D eigenvalue weighted by Gasteiger charge is -2.11. The fourth-order valence-electron chi connectivity index (χ4n) is 2.08. The van der Waals surface area contributed by atoms with Gasteiger partial charge in [-0.05, 0) is 55.3 Å². The Labute approximate surface area is 153 Å². The number of hydrogen-bond donors (Lipinski definition) is 0. The number of carbonyl (C=O) groups excluding carboxylic acids is 1. The summed E-state index contributed by atoms with van der Waals surface area (Å²) >= 11 is 5.87. The summed E-state index contributed by atoms with van der Waals surface area (Å²) < 4.78 is 16.2. The highest BCUT2D eigenvalue weighted by molar-refractivity contribution is 6.30. The molecule has 5 heteroatoms. The topological polar surface area (TPSA) is 44.8 Å². The zero-order valence-corrected chi connectivity index (χ0v) is 15.2. The van der Waals surface area contributed by atoms with Crippen molar-refractivity contribution in [2.24, 2.45) is 0 Å². The number of methoxy groups -OCH3 is 1. The molecule has 0 aliphatic heterocycles. The number of esters is 1. The molecule has 0 heterocycles. The van der Waals surface area contributed by atoms with E-state index in [4.69, 9.17) is 25.8 Å². The quantitative estimate of drug-likeness (QED) is 0.520. The molecule has 0 aliphatic rings. The maximum atomic E-state index is 11.6. The standard InChI is InChI=1S/C20H21ClO4/c1-14(2)25-20(22)11-7-15-6-10-18(19(12-15)23-3)24-13-16-4-8-17(21)9-5-16/h4-12,14H,13H2,1-3H3/b11-7+. The molecule has 0 radical (unpaired) electrons. The predicted molar refractivity (Wildman–Crippen MR) is 99.0 cm³/mol. The number of halogens is 1. The first kappa shape index (κ1) is 18.9. The van der Waals surface area contributed by atoms with Crippen molar-refractivity contribution < 1.29 is 19.0 Å². The van der Waals surface area contributed by atoms with E-state index in [1.54, 1.807) is 19.3 Å². The number of hydrogen-bond acceptors (Lipinski definition) is 4. The van der Waals surface area contributed by atoms with Gasteiger partial charge in [0.15, 0.2) is 11.5 Å². The molecule has 0 saturated heterocycles. The van der Waals surface area contributed by atoms with Crippen molar-refractivity contribution in [3.8, 4) is 11.5 Å². The van der Waals surface area contributed by atoms with Gasteiger partial charge in [-0.15, -0.1) is 0 Å². The SMILES string of the molecule is COc1cc(/C=C/C(=O)OC(C)C)ccc1OCc1ccc(Cl)cc1. The van der Waals surface area contributed by atoms with E-state index in [0.717, 1.165) is 11.1 Å². The molecule has 0 unspecified atom stereocenters. The molecule has 2 rings (SSSR count). The Bertz CT molecular complexity index is 736. The molecular weight excluding hydrogens is 340 g/mol. The van der Waals surface area contributed by atoms with E-state index in [-0.39, 0.29) is 12.1 Å². The molecule has 0 atom stereocenters. The van der Waals surface area contributed by atoms with E-state index in [9.17, 15) is 4.79 Å². The lowest BCUT2D eigenvalue weighted by Crippen LogP contribution is -2.08. The Morgan fingerprint density at radius 1 is 1.12 bits per heavy atom. The molecule has 0 aromatic heterocycles. The third-order valence-corrected chi connectivity index (χ3v) is 3.51. The van der Waals surface area contributed by atoms with Crippen LogP contribution in [0.5, 0.6) is 11.5 Å². The van der Waals surface area contributed by atoms with Crippen LogP contribution in [0.25, 0.3) is 6.08 Å². The second kappa shape index (κ2) is 9.14. The van der Waals surface area contributed by atoms with Crippen molar-refractivity contribution in [1.82, 2.24) is 0 Å². The average molecular weight is 361 g/mol. The summed E-state index contributed by atoms with van der Waals surface area (Å²) in [5.74, 6) is 0.838. The van der Waals surface area contributed by atoms with Gasteiger partial charge >= 0.3 is 5.97 Å². The van der Waals surface area contributed by atoms with Crippen LogP contribution < -0.4 is 9.47 Å². The summed E-state index contributed by atoms with van der Waals surface area (Å²) in [5.41, 5.74) is 1.82. The monoisotopic (exact) mass is 360 g/mol. The Balaban J connectivity index is 2.04. The average Bonchev–Trinajstić information content (AvgIpc) is 2.59. The van der Waals surface area contributed by atoms with E-state index in [1.807, 2.05) is 50.2 Å². The Hall–Kier alpha value is -2.46. The smallest absolute Gasteiger partial charge is 0.331 e. The third kappa shape index (κ3) is 6.16. The van der Waals surface area contributed by atoms with Gasteiger partial charge in [-0.1, -0.05) is 29.8 Å². The minimum atomic E-state index is -0.378.